The van der Waals surface area contributed by atoms with Gasteiger partial charge in [0, 0.05) is 0 Å². The van der Waals surface area contributed by atoms with Crippen molar-refractivity contribution in [2.75, 3.05) is 0 Å². The number of allylic oxidation sites excluding steroid dienone is 2. The molecule has 0 spiro atoms. The van der Waals surface area contributed by atoms with Gasteiger partial charge in [0.15, 0.2) is 5.78 Å². The van der Waals surface area contributed by atoms with E-state index in [2.05, 4.69) is 0 Å². The summed E-state index contributed by atoms with van der Waals surface area (Å²) in [5, 5.41) is 0. The van der Waals surface area contributed by atoms with Gasteiger partial charge in [-0.3, -0.25) is 4.79 Å². The van der Waals surface area contributed by atoms with Gasteiger partial charge in [-0.1, -0.05) is 72.8 Å². The fraction of sp³-hybridized carbons (Fsp3) is 0. The Kier molecular flexibility index (Phi) is 6.90. The SMILES string of the molecule is O=C(C=Cc1ccccc1)C=Cc1ccccc1.[SnH2]. The zero-order chi connectivity index (χ0) is 12.6. The standard InChI is InChI=1S/C17H14O.Sn.2H/c18-17(13-11-15-7-3-1-4-8-15)14-12-16-9-5-2-6-10-16;;;/h1-14H;;;. The van der Waals surface area contributed by atoms with Crippen LogP contribution in [0, 0.1) is 0 Å². The molecule has 2 heteroatoms. The van der Waals surface area contributed by atoms with Crippen molar-refractivity contribution in [3.8, 4) is 0 Å². The molecule has 0 aliphatic rings. The third-order valence-electron chi connectivity index (χ3n) is 2.48. The first-order valence-corrected chi connectivity index (χ1v) is 5.85. The summed E-state index contributed by atoms with van der Waals surface area (Å²) in [6.45, 7) is 0. The van der Waals surface area contributed by atoms with Crippen molar-refractivity contribution in [2.24, 2.45) is 0 Å². The zero-order valence-corrected chi connectivity index (χ0v) is 14.7. The summed E-state index contributed by atoms with van der Waals surface area (Å²) in [4.78, 5) is 11.6. The Morgan fingerprint density at radius 3 is 1.42 bits per heavy atom. The molecule has 19 heavy (non-hydrogen) atoms. The Bertz CT molecular complexity index is 505. The van der Waals surface area contributed by atoms with Crippen molar-refractivity contribution in [2.45, 2.75) is 0 Å². The molecule has 2 rings (SSSR count). The van der Waals surface area contributed by atoms with Gasteiger partial charge in [-0.05, 0) is 23.3 Å². The van der Waals surface area contributed by atoms with E-state index in [1.54, 1.807) is 12.2 Å². The number of carbonyl (C=O) groups excluding carboxylic acids is 1. The quantitative estimate of drug-likeness (QED) is 0.609. The van der Waals surface area contributed by atoms with Gasteiger partial charge >= 0.3 is 23.9 Å². The van der Waals surface area contributed by atoms with Crippen LogP contribution in [0.25, 0.3) is 12.2 Å². The van der Waals surface area contributed by atoms with Crippen LogP contribution in [0.4, 0.5) is 0 Å². The van der Waals surface area contributed by atoms with E-state index in [0.29, 0.717) is 0 Å². The van der Waals surface area contributed by atoms with Crippen LogP contribution in [0.15, 0.2) is 72.8 Å². The van der Waals surface area contributed by atoms with Crippen LogP contribution in [0.1, 0.15) is 11.1 Å². The predicted octanol–water partition coefficient (Wildman–Crippen LogP) is 3.07. The maximum absolute atomic E-state index is 11.6. The molecule has 1 nitrogen and oxygen atoms in total. The van der Waals surface area contributed by atoms with Gasteiger partial charge in [-0.25, -0.2) is 0 Å². The third kappa shape index (κ3) is 5.70. The van der Waals surface area contributed by atoms with Gasteiger partial charge < -0.3 is 0 Å². The van der Waals surface area contributed by atoms with E-state index < -0.39 is 0 Å². The van der Waals surface area contributed by atoms with Crippen LogP contribution in [-0.2, 0) is 4.79 Å². The van der Waals surface area contributed by atoms with Crippen LogP contribution in [0.2, 0.25) is 0 Å². The Morgan fingerprint density at radius 1 is 0.684 bits per heavy atom. The summed E-state index contributed by atoms with van der Waals surface area (Å²) in [5.74, 6) is -0.0114. The van der Waals surface area contributed by atoms with E-state index in [9.17, 15) is 4.79 Å². The molecule has 94 valence electrons. The van der Waals surface area contributed by atoms with Gasteiger partial charge in [-0.15, -0.1) is 0 Å². The first kappa shape index (κ1) is 15.4. The molecule has 0 heterocycles. The van der Waals surface area contributed by atoms with E-state index >= 15 is 0 Å². The van der Waals surface area contributed by atoms with Crippen LogP contribution >= 0.6 is 0 Å². The molecule has 0 atom stereocenters. The molecule has 2 aromatic carbocycles. The molecule has 0 amide bonds. The summed E-state index contributed by atoms with van der Waals surface area (Å²) in [6.07, 6.45) is 6.79. The van der Waals surface area contributed by atoms with Crippen LogP contribution in [-0.4, -0.2) is 29.7 Å². The monoisotopic (exact) mass is 356 g/mol. The second-order valence-corrected chi connectivity index (χ2v) is 3.89. The number of rotatable bonds is 4. The van der Waals surface area contributed by atoms with Gasteiger partial charge in [0.25, 0.3) is 0 Å². The van der Waals surface area contributed by atoms with Crippen molar-refractivity contribution in [3.05, 3.63) is 83.9 Å². The fourth-order valence-corrected chi connectivity index (χ4v) is 1.54. The minimum absolute atomic E-state index is 0. The number of hydrogen-bond acceptors (Lipinski definition) is 1. The molecule has 0 fully saturated rings. The van der Waals surface area contributed by atoms with Crippen molar-refractivity contribution in [3.63, 3.8) is 0 Å². The Morgan fingerprint density at radius 2 is 1.05 bits per heavy atom. The summed E-state index contributed by atoms with van der Waals surface area (Å²) in [5.41, 5.74) is 2.05. The second kappa shape index (κ2) is 8.48. The van der Waals surface area contributed by atoms with Crippen LogP contribution < -0.4 is 0 Å². The average molecular weight is 355 g/mol. The molecule has 0 saturated carbocycles. The average Bonchev–Trinajstić information content (AvgIpc) is 2.45. The second-order valence-electron chi connectivity index (χ2n) is 3.89. The zero-order valence-electron chi connectivity index (χ0n) is 10.7. The molecule has 2 aromatic rings. The van der Waals surface area contributed by atoms with Crippen LogP contribution in [0.3, 0.4) is 0 Å². The van der Waals surface area contributed by atoms with Gasteiger partial charge in [0.2, 0.25) is 0 Å². The molecule has 0 N–H and O–H groups in total. The van der Waals surface area contributed by atoms with Gasteiger partial charge in [-0.2, -0.15) is 0 Å². The topological polar surface area (TPSA) is 17.1 Å². The fourth-order valence-electron chi connectivity index (χ4n) is 1.54. The summed E-state index contributed by atoms with van der Waals surface area (Å²) in [7, 11) is 0. The van der Waals surface area contributed by atoms with Crippen molar-refractivity contribution in [1.82, 2.24) is 0 Å². The van der Waals surface area contributed by atoms with E-state index in [1.807, 2.05) is 72.8 Å². The van der Waals surface area contributed by atoms with Crippen molar-refractivity contribution >= 4 is 41.8 Å². The third-order valence-corrected chi connectivity index (χ3v) is 2.48. The number of ketones is 1. The molecule has 0 aliphatic carbocycles. The summed E-state index contributed by atoms with van der Waals surface area (Å²) >= 11 is 0. The molecule has 0 aliphatic heterocycles. The van der Waals surface area contributed by atoms with E-state index in [0.717, 1.165) is 11.1 Å². The van der Waals surface area contributed by atoms with E-state index in [-0.39, 0.29) is 29.7 Å². The van der Waals surface area contributed by atoms with Gasteiger partial charge in [0.1, 0.15) is 0 Å². The van der Waals surface area contributed by atoms with E-state index in [4.69, 9.17) is 0 Å². The minimum atomic E-state index is -0.0114. The maximum atomic E-state index is 11.6. The number of benzene rings is 2. The molecular formula is C17H16OSn. The van der Waals surface area contributed by atoms with Crippen molar-refractivity contribution in [1.29, 1.82) is 0 Å². The van der Waals surface area contributed by atoms with Crippen molar-refractivity contribution < 1.29 is 4.79 Å². The van der Waals surface area contributed by atoms with E-state index in [1.165, 1.54) is 0 Å². The molecule has 0 saturated heterocycles. The molecule has 0 unspecified atom stereocenters. The molecule has 2 radical (unpaired) electrons. The van der Waals surface area contributed by atoms with Crippen LogP contribution in [0.5, 0.6) is 0 Å². The predicted molar refractivity (Wildman–Crippen MR) is 84.5 cm³/mol. The first-order chi connectivity index (χ1) is 8.84. The summed E-state index contributed by atoms with van der Waals surface area (Å²) < 4.78 is 0. The normalized spacial score (nSPS) is 10.5. The Balaban J connectivity index is 0.00000180. The Labute approximate surface area is 130 Å². The molecular weight excluding hydrogens is 339 g/mol. The first-order valence-electron chi connectivity index (χ1n) is 5.85. The molecule has 0 aromatic heterocycles. The number of carbonyl (C=O) groups is 1. The Hall–Kier alpha value is -1.61. The molecule has 0 bridgehead atoms. The van der Waals surface area contributed by atoms with Gasteiger partial charge in [0.05, 0.1) is 0 Å². The number of hydrogen-bond donors (Lipinski definition) is 0. The summed E-state index contributed by atoms with van der Waals surface area (Å²) in [6, 6.07) is 19.6.